The van der Waals surface area contributed by atoms with Gasteiger partial charge in [-0.3, -0.25) is 9.59 Å². The normalized spacial score (nSPS) is 14.0. The lowest BCUT2D eigenvalue weighted by Gasteiger charge is -2.14. The van der Waals surface area contributed by atoms with Gasteiger partial charge >= 0.3 is 0 Å². The number of halogens is 1. The first-order chi connectivity index (χ1) is 15.0. The summed E-state index contributed by atoms with van der Waals surface area (Å²) in [6.07, 6.45) is 6.65. The monoisotopic (exact) mass is 505 g/mol. The second kappa shape index (κ2) is 9.40. The number of carbonyl (C=O) groups is 1. The van der Waals surface area contributed by atoms with Gasteiger partial charge < -0.3 is 20.2 Å². The fourth-order valence-corrected chi connectivity index (χ4v) is 5.72. The number of nitrogens with one attached hydrogen (secondary N) is 1. The molecule has 0 atom stereocenters. The molecule has 1 aliphatic rings. The molecule has 0 radical (unpaired) electrons. The molecule has 0 fully saturated rings. The molecule has 7 nitrogen and oxygen atoms in total. The number of hydrogen-bond donors (Lipinski definition) is 2. The number of benzene rings is 1. The van der Waals surface area contributed by atoms with Crippen LogP contribution in [0.2, 0.25) is 0 Å². The van der Waals surface area contributed by atoms with Crippen molar-refractivity contribution < 1.29 is 14.3 Å². The Bertz CT molecular complexity index is 1190. The maximum Gasteiger partial charge on any atom is 0.260 e. The molecule has 2 aromatic heterocycles. The first-order valence-corrected chi connectivity index (χ1v) is 12.0. The van der Waals surface area contributed by atoms with Crippen LogP contribution in [-0.4, -0.2) is 29.1 Å². The van der Waals surface area contributed by atoms with Gasteiger partial charge in [0.25, 0.3) is 11.5 Å². The van der Waals surface area contributed by atoms with Crippen LogP contribution in [0.3, 0.4) is 0 Å². The van der Waals surface area contributed by atoms with Crippen LogP contribution in [0.1, 0.15) is 43.0 Å². The van der Waals surface area contributed by atoms with Gasteiger partial charge in [0, 0.05) is 10.4 Å². The van der Waals surface area contributed by atoms with E-state index >= 15 is 0 Å². The molecule has 0 aliphatic heterocycles. The second-order valence-corrected chi connectivity index (χ2v) is 9.42. The molecule has 3 aromatic rings. The molecule has 0 unspecified atom stereocenters. The van der Waals surface area contributed by atoms with Gasteiger partial charge in [-0.2, -0.15) is 0 Å². The molecule has 1 aromatic carbocycles. The standard InChI is InChI=1S/C22H24BrN3O4S/c1-2-29-15-10-12(9-14(23)19(15)30-11-17(24)27)20-25-21(28)18-13-7-5-3-4-6-8-16(13)31-22(18)26-20/h9-10H,2-8,11H2,1H3,(H2,24,27)(H,25,26,28). The summed E-state index contributed by atoms with van der Waals surface area (Å²) in [5.41, 5.74) is 6.94. The van der Waals surface area contributed by atoms with Crippen LogP contribution in [0.5, 0.6) is 11.5 Å². The number of fused-ring (bicyclic) bond motifs is 3. The number of aromatic nitrogens is 2. The number of ether oxygens (including phenoxy) is 2. The highest BCUT2D eigenvalue weighted by Gasteiger charge is 2.20. The van der Waals surface area contributed by atoms with Crippen LogP contribution in [-0.2, 0) is 17.6 Å². The first-order valence-electron chi connectivity index (χ1n) is 10.4. The zero-order chi connectivity index (χ0) is 22.0. The van der Waals surface area contributed by atoms with Gasteiger partial charge in [-0.05, 0) is 66.2 Å². The summed E-state index contributed by atoms with van der Waals surface area (Å²) < 4.78 is 11.8. The van der Waals surface area contributed by atoms with E-state index in [9.17, 15) is 9.59 Å². The SMILES string of the molecule is CCOc1cc(-c2nc3sc4c(c3c(=O)[nH]2)CCCCCC4)cc(Br)c1OCC(N)=O. The van der Waals surface area contributed by atoms with Crippen molar-refractivity contribution in [2.24, 2.45) is 5.73 Å². The van der Waals surface area contributed by atoms with Crippen molar-refractivity contribution in [3.63, 3.8) is 0 Å². The quantitative estimate of drug-likeness (QED) is 0.518. The minimum atomic E-state index is -0.580. The lowest BCUT2D eigenvalue weighted by Crippen LogP contribution is -2.20. The molecular weight excluding hydrogens is 482 g/mol. The number of carbonyl (C=O) groups excluding carboxylic acids is 1. The maximum absolute atomic E-state index is 13.0. The summed E-state index contributed by atoms with van der Waals surface area (Å²) in [7, 11) is 0. The number of H-pyrrole nitrogens is 1. The van der Waals surface area contributed by atoms with E-state index in [4.69, 9.17) is 20.2 Å². The van der Waals surface area contributed by atoms with Crippen LogP contribution < -0.4 is 20.8 Å². The molecule has 0 saturated heterocycles. The van der Waals surface area contributed by atoms with E-state index < -0.39 is 5.91 Å². The van der Waals surface area contributed by atoms with E-state index in [2.05, 4.69) is 20.9 Å². The Labute approximate surface area is 192 Å². The number of thiophene rings is 1. The van der Waals surface area contributed by atoms with Crippen molar-refractivity contribution >= 4 is 43.4 Å². The van der Waals surface area contributed by atoms with Gasteiger partial charge in [0.1, 0.15) is 10.7 Å². The van der Waals surface area contributed by atoms with Crippen LogP contribution in [0, 0.1) is 0 Å². The molecule has 9 heteroatoms. The minimum Gasteiger partial charge on any atom is -0.490 e. The lowest BCUT2D eigenvalue weighted by atomic mass is 9.98. The number of nitrogens with zero attached hydrogens (tertiary/aromatic N) is 1. The molecule has 1 aliphatic carbocycles. The fourth-order valence-electron chi connectivity index (χ4n) is 3.91. The van der Waals surface area contributed by atoms with Crippen LogP contribution in [0.4, 0.5) is 0 Å². The summed E-state index contributed by atoms with van der Waals surface area (Å²) in [6.45, 7) is 2.00. The van der Waals surface area contributed by atoms with Crippen molar-refractivity contribution in [3.8, 4) is 22.9 Å². The van der Waals surface area contributed by atoms with E-state index in [1.165, 1.54) is 23.3 Å². The Hall–Kier alpha value is -2.39. The lowest BCUT2D eigenvalue weighted by molar-refractivity contribution is -0.119. The number of amides is 1. The third-order valence-corrected chi connectivity index (χ3v) is 7.04. The first kappa shape index (κ1) is 21.8. The third kappa shape index (κ3) is 4.62. The van der Waals surface area contributed by atoms with Crippen molar-refractivity contribution in [2.75, 3.05) is 13.2 Å². The smallest absolute Gasteiger partial charge is 0.260 e. The van der Waals surface area contributed by atoms with Crippen LogP contribution in [0.25, 0.3) is 21.6 Å². The summed E-state index contributed by atoms with van der Waals surface area (Å²) in [5.74, 6) is 0.708. The molecular formula is C22H24BrN3O4S. The average molecular weight is 506 g/mol. The number of primary amides is 1. The Kier molecular flexibility index (Phi) is 6.62. The zero-order valence-corrected chi connectivity index (χ0v) is 19.7. The fraction of sp³-hybridized carbons (Fsp3) is 0.409. The predicted octanol–water partition coefficient (Wildman–Crippen LogP) is 4.34. The van der Waals surface area contributed by atoms with Gasteiger partial charge in [0.15, 0.2) is 18.1 Å². The number of aryl methyl sites for hydroxylation is 2. The predicted molar refractivity (Wildman–Crippen MR) is 125 cm³/mol. The van der Waals surface area contributed by atoms with Crippen molar-refractivity contribution in [2.45, 2.75) is 45.4 Å². The highest BCUT2D eigenvalue weighted by atomic mass is 79.9. The molecule has 4 rings (SSSR count). The number of rotatable bonds is 6. The second-order valence-electron chi connectivity index (χ2n) is 7.49. The summed E-state index contributed by atoms with van der Waals surface area (Å²) >= 11 is 5.10. The Morgan fingerprint density at radius 1 is 1.23 bits per heavy atom. The van der Waals surface area contributed by atoms with E-state index in [-0.39, 0.29) is 12.2 Å². The van der Waals surface area contributed by atoms with E-state index in [0.717, 1.165) is 35.9 Å². The third-order valence-electron chi connectivity index (χ3n) is 5.27. The number of aromatic amines is 1. The summed E-state index contributed by atoms with van der Waals surface area (Å²) in [4.78, 5) is 34.0. The minimum absolute atomic E-state index is 0.110. The highest BCUT2D eigenvalue weighted by Crippen LogP contribution is 2.40. The Morgan fingerprint density at radius 3 is 2.74 bits per heavy atom. The molecule has 164 valence electrons. The molecule has 0 saturated carbocycles. The molecule has 0 bridgehead atoms. The van der Waals surface area contributed by atoms with Crippen molar-refractivity contribution in [1.29, 1.82) is 0 Å². The highest BCUT2D eigenvalue weighted by molar-refractivity contribution is 9.10. The molecule has 31 heavy (non-hydrogen) atoms. The van der Waals surface area contributed by atoms with Crippen LogP contribution >= 0.6 is 27.3 Å². The summed E-state index contributed by atoms with van der Waals surface area (Å²) in [6, 6.07) is 3.53. The molecule has 3 N–H and O–H groups in total. The van der Waals surface area contributed by atoms with E-state index in [1.807, 2.05) is 6.92 Å². The molecule has 2 heterocycles. The Balaban J connectivity index is 1.79. The van der Waals surface area contributed by atoms with E-state index in [1.54, 1.807) is 23.5 Å². The van der Waals surface area contributed by atoms with Crippen molar-refractivity contribution in [3.05, 3.63) is 37.4 Å². The maximum atomic E-state index is 13.0. The average Bonchev–Trinajstić information content (AvgIpc) is 3.04. The number of hydrogen-bond acceptors (Lipinski definition) is 6. The Morgan fingerprint density at radius 2 is 2.00 bits per heavy atom. The van der Waals surface area contributed by atoms with Gasteiger partial charge in [-0.1, -0.05) is 12.8 Å². The largest absolute Gasteiger partial charge is 0.490 e. The molecule has 1 amide bonds. The zero-order valence-electron chi connectivity index (χ0n) is 17.3. The molecule has 0 spiro atoms. The van der Waals surface area contributed by atoms with Gasteiger partial charge in [0.05, 0.1) is 16.5 Å². The summed E-state index contributed by atoms with van der Waals surface area (Å²) in [5, 5.41) is 0.733. The van der Waals surface area contributed by atoms with Gasteiger partial charge in [-0.25, -0.2) is 4.98 Å². The van der Waals surface area contributed by atoms with E-state index in [0.29, 0.717) is 34.0 Å². The number of nitrogens with two attached hydrogens (primary N) is 1. The topological polar surface area (TPSA) is 107 Å². The van der Waals surface area contributed by atoms with Crippen LogP contribution in [0.15, 0.2) is 21.4 Å². The van der Waals surface area contributed by atoms with Gasteiger partial charge in [0.2, 0.25) is 0 Å². The van der Waals surface area contributed by atoms with Gasteiger partial charge in [-0.15, -0.1) is 11.3 Å². The van der Waals surface area contributed by atoms with Crippen molar-refractivity contribution in [1.82, 2.24) is 9.97 Å².